The molecular weight excluding hydrogens is 238 g/mol. The van der Waals surface area contributed by atoms with E-state index in [9.17, 15) is 8.78 Å². The molecule has 3 heteroatoms. The molecule has 0 aliphatic heterocycles. The van der Waals surface area contributed by atoms with Crippen LogP contribution in [-0.2, 0) is 0 Å². The number of hydrogen-bond acceptors (Lipinski definition) is 0. The summed E-state index contributed by atoms with van der Waals surface area (Å²) >= 11 is 3.32. The van der Waals surface area contributed by atoms with Crippen LogP contribution in [0.5, 0.6) is 0 Å². The van der Waals surface area contributed by atoms with Crippen LogP contribution in [0, 0.1) is 11.6 Å². The summed E-state index contributed by atoms with van der Waals surface area (Å²) in [5.41, 5.74) is 0.404. The second-order valence-electron chi connectivity index (χ2n) is 2.90. The molecular formula is C10H11BrF2. The van der Waals surface area contributed by atoms with Crippen LogP contribution in [0.3, 0.4) is 0 Å². The van der Waals surface area contributed by atoms with Gasteiger partial charge in [-0.25, -0.2) is 8.78 Å². The summed E-state index contributed by atoms with van der Waals surface area (Å²) in [6, 6.07) is 4.26. The lowest BCUT2D eigenvalue weighted by Crippen LogP contribution is -1.96. The van der Waals surface area contributed by atoms with Crippen LogP contribution in [0.1, 0.15) is 30.2 Å². The zero-order valence-electron chi connectivity index (χ0n) is 7.36. The van der Waals surface area contributed by atoms with Crippen LogP contribution in [0.4, 0.5) is 8.78 Å². The molecule has 1 rings (SSSR count). The van der Waals surface area contributed by atoms with Gasteiger partial charge in [-0.3, -0.25) is 0 Å². The Hall–Kier alpha value is -0.440. The lowest BCUT2D eigenvalue weighted by molar-refractivity contribution is 0.496. The van der Waals surface area contributed by atoms with Gasteiger partial charge in [0.25, 0.3) is 0 Å². The molecule has 0 heterocycles. The van der Waals surface area contributed by atoms with Crippen LogP contribution in [-0.4, -0.2) is 0 Å². The fourth-order valence-corrected chi connectivity index (χ4v) is 1.98. The molecule has 0 aliphatic rings. The van der Waals surface area contributed by atoms with Crippen molar-refractivity contribution in [2.45, 2.75) is 24.6 Å². The van der Waals surface area contributed by atoms with E-state index in [0.29, 0.717) is 5.56 Å². The first-order valence-corrected chi connectivity index (χ1v) is 5.16. The summed E-state index contributed by atoms with van der Waals surface area (Å²) in [6.07, 6.45) is 1.74. The standard InChI is InChI=1S/C10H11BrF2/c1-2-4-8(11)7-5-3-6-9(12)10(7)13/h3,5-6,8H,2,4H2,1H3. The Morgan fingerprint density at radius 2 is 2.08 bits per heavy atom. The van der Waals surface area contributed by atoms with E-state index in [0.717, 1.165) is 18.9 Å². The number of hydrogen-bond donors (Lipinski definition) is 0. The van der Waals surface area contributed by atoms with Gasteiger partial charge < -0.3 is 0 Å². The van der Waals surface area contributed by atoms with E-state index in [4.69, 9.17) is 0 Å². The normalized spacial score (nSPS) is 12.9. The molecule has 0 saturated carbocycles. The summed E-state index contributed by atoms with van der Waals surface area (Å²) in [5, 5.41) is 0. The third-order valence-corrected chi connectivity index (χ3v) is 2.81. The fourth-order valence-electron chi connectivity index (χ4n) is 1.17. The Morgan fingerprint density at radius 3 is 2.69 bits per heavy atom. The maximum Gasteiger partial charge on any atom is 0.163 e. The maximum absolute atomic E-state index is 13.2. The summed E-state index contributed by atoms with van der Waals surface area (Å²) in [5.74, 6) is -1.52. The highest BCUT2D eigenvalue weighted by Crippen LogP contribution is 2.30. The van der Waals surface area contributed by atoms with Gasteiger partial charge in [0.15, 0.2) is 11.6 Å². The number of halogens is 3. The Morgan fingerprint density at radius 1 is 1.38 bits per heavy atom. The molecule has 1 unspecified atom stereocenters. The van der Waals surface area contributed by atoms with E-state index in [1.807, 2.05) is 6.92 Å². The molecule has 0 aromatic heterocycles. The Kier molecular flexibility index (Phi) is 3.85. The first-order valence-electron chi connectivity index (χ1n) is 4.24. The SMILES string of the molecule is CCCC(Br)c1cccc(F)c1F. The number of benzene rings is 1. The topological polar surface area (TPSA) is 0 Å². The molecule has 0 amide bonds. The average molecular weight is 249 g/mol. The van der Waals surface area contributed by atoms with E-state index >= 15 is 0 Å². The lowest BCUT2D eigenvalue weighted by Gasteiger charge is -2.09. The van der Waals surface area contributed by atoms with E-state index in [2.05, 4.69) is 15.9 Å². The summed E-state index contributed by atoms with van der Waals surface area (Å²) in [7, 11) is 0. The molecule has 0 bridgehead atoms. The summed E-state index contributed by atoms with van der Waals surface area (Å²) in [6.45, 7) is 2.01. The van der Waals surface area contributed by atoms with Gasteiger partial charge in [-0.15, -0.1) is 0 Å². The van der Waals surface area contributed by atoms with Gasteiger partial charge in [-0.1, -0.05) is 41.4 Å². The molecule has 13 heavy (non-hydrogen) atoms. The van der Waals surface area contributed by atoms with Gasteiger partial charge in [-0.2, -0.15) is 0 Å². The molecule has 72 valence electrons. The zero-order chi connectivity index (χ0) is 9.84. The smallest absolute Gasteiger partial charge is 0.163 e. The molecule has 1 aromatic carbocycles. The van der Waals surface area contributed by atoms with Crippen molar-refractivity contribution in [3.63, 3.8) is 0 Å². The van der Waals surface area contributed by atoms with Gasteiger partial charge >= 0.3 is 0 Å². The fraction of sp³-hybridized carbons (Fsp3) is 0.400. The van der Waals surface area contributed by atoms with E-state index in [1.165, 1.54) is 6.07 Å². The molecule has 0 fully saturated rings. The zero-order valence-corrected chi connectivity index (χ0v) is 8.94. The average Bonchev–Trinajstić information content (AvgIpc) is 2.10. The van der Waals surface area contributed by atoms with Gasteiger partial charge in [-0.05, 0) is 12.5 Å². The molecule has 0 spiro atoms. The Bertz CT molecular complexity index is 286. The molecule has 0 aliphatic carbocycles. The minimum atomic E-state index is -0.780. The second-order valence-corrected chi connectivity index (χ2v) is 4.00. The molecule has 1 atom stereocenters. The molecule has 0 saturated heterocycles. The second kappa shape index (κ2) is 4.70. The van der Waals surface area contributed by atoms with Crippen molar-refractivity contribution in [3.05, 3.63) is 35.4 Å². The highest BCUT2D eigenvalue weighted by atomic mass is 79.9. The van der Waals surface area contributed by atoms with Crippen molar-refractivity contribution in [3.8, 4) is 0 Å². The van der Waals surface area contributed by atoms with Crippen molar-refractivity contribution in [1.82, 2.24) is 0 Å². The van der Waals surface area contributed by atoms with Crippen molar-refractivity contribution in [2.75, 3.05) is 0 Å². The molecule has 0 nitrogen and oxygen atoms in total. The quantitative estimate of drug-likeness (QED) is 0.704. The van der Waals surface area contributed by atoms with Crippen LogP contribution in [0.15, 0.2) is 18.2 Å². The molecule has 0 N–H and O–H groups in total. The first kappa shape index (κ1) is 10.6. The van der Waals surface area contributed by atoms with E-state index in [1.54, 1.807) is 6.07 Å². The lowest BCUT2D eigenvalue weighted by atomic mass is 10.1. The van der Waals surface area contributed by atoms with Gasteiger partial charge in [0, 0.05) is 10.4 Å². The van der Waals surface area contributed by atoms with E-state index in [-0.39, 0.29) is 4.83 Å². The van der Waals surface area contributed by atoms with Gasteiger partial charge in [0.05, 0.1) is 0 Å². The monoisotopic (exact) mass is 248 g/mol. The van der Waals surface area contributed by atoms with Crippen molar-refractivity contribution in [1.29, 1.82) is 0 Å². The molecule has 0 radical (unpaired) electrons. The number of rotatable bonds is 3. The van der Waals surface area contributed by atoms with Crippen LogP contribution < -0.4 is 0 Å². The maximum atomic E-state index is 13.2. The van der Waals surface area contributed by atoms with Crippen molar-refractivity contribution < 1.29 is 8.78 Å². The minimum Gasteiger partial charge on any atom is -0.204 e. The van der Waals surface area contributed by atoms with Crippen molar-refractivity contribution >= 4 is 15.9 Å². The van der Waals surface area contributed by atoms with Gasteiger partial charge in [0.2, 0.25) is 0 Å². The van der Waals surface area contributed by atoms with Crippen molar-refractivity contribution in [2.24, 2.45) is 0 Å². The van der Waals surface area contributed by atoms with Crippen LogP contribution in [0.25, 0.3) is 0 Å². The van der Waals surface area contributed by atoms with E-state index < -0.39 is 11.6 Å². The highest BCUT2D eigenvalue weighted by Gasteiger charge is 2.14. The first-order chi connectivity index (χ1) is 6.16. The largest absolute Gasteiger partial charge is 0.204 e. The highest BCUT2D eigenvalue weighted by molar-refractivity contribution is 9.09. The van der Waals surface area contributed by atoms with Crippen LogP contribution >= 0.6 is 15.9 Å². The third-order valence-electron chi connectivity index (χ3n) is 1.86. The minimum absolute atomic E-state index is 0.0896. The number of alkyl halides is 1. The Balaban J connectivity index is 2.93. The molecule has 1 aromatic rings. The summed E-state index contributed by atoms with van der Waals surface area (Å²) in [4.78, 5) is -0.0896. The van der Waals surface area contributed by atoms with Gasteiger partial charge in [0.1, 0.15) is 0 Å². The summed E-state index contributed by atoms with van der Waals surface area (Å²) < 4.78 is 26.0. The predicted octanol–water partition coefficient (Wildman–Crippen LogP) is 4.20. The third kappa shape index (κ3) is 2.50. The Labute approximate surface area is 85.1 Å². The predicted molar refractivity (Wildman–Crippen MR) is 52.9 cm³/mol. The van der Waals surface area contributed by atoms with Crippen LogP contribution in [0.2, 0.25) is 0 Å².